The van der Waals surface area contributed by atoms with Gasteiger partial charge in [-0.15, -0.1) is 0 Å². The number of ether oxygens (including phenoxy) is 1. The van der Waals surface area contributed by atoms with E-state index in [0.717, 1.165) is 5.56 Å². The van der Waals surface area contributed by atoms with E-state index in [2.05, 4.69) is 5.32 Å². The molecule has 1 aromatic rings. The van der Waals surface area contributed by atoms with Gasteiger partial charge in [0, 0.05) is 25.1 Å². The molecule has 0 aromatic heterocycles. The molecule has 0 aliphatic rings. The Bertz CT molecular complexity index is 443. The molecule has 5 nitrogen and oxygen atoms in total. The zero-order valence-electron chi connectivity index (χ0n) is 12.0. The van der Waals surface area contributed by atoms with Gasteiger partial charge in [-0.1, -0.05) is 19.1 Å². The van der Waals surface area contributed by atoms with Crippen molar-refractivity contribution in [1.82, 2.24) is 5.32 Å². The number of benzene rings is 1. The number of carbonyl (C=O) groups excluding carboxylic acids is 2. The summed E-state index contributed by atoms with van der Waals surface area (Å²) in [5, 5.41) is 2.81. The van der Waals surface area contributed by atoms with Crippen LogP contribution >= 0.6 is 0 Å². The van der Waals surface area contributed by atoms with Crippen LogP contribution in [0.2, 0.25) is 0 Å². The molecule has 1 aromatic carbocycles. The lowest BCUT2D eigenvalue weighted by Crippen LogP contribution is -2.29. The minimum absolute atomic E-state index is 0.0429. The van der Waals surface area contributed by atoms with Crippen LogP contribution in [0.15, 0.2) is 24.3 Å². The fourth-order valence-electron chi connectivity index (χ4n) is 1.74. The highest BCUT2D eigenvalue weighted by Crippen LogP contribution is 2.05. The zero-order valence-corrected chi connectivity index (χ0v) is 12.0. The summed E-state index contributed by atoms with van der Waals surface area (Å²) in [6.45, 7) is 4.95. The highest BCUT2D eigenvalue weighted by Gasteiger charge is 2.12. The number of nitrogens with one attached hydrogen (secondary N) is 1. The van der Waals surface area contributed by atoms with E-state index in [1.165, 1.54) is 0 Å². The Morgan fingerprint density at radius 2 is 1.95 bits per heavy atom. The summed E-state index contributed by atoms with van der Waals surface area (Å²) in [7, 11) is 0. The standard InChI is InChI=1S/C15H22N2O3/c1-3-20-14(18)8-11(2)10-17-15(19)13-6-4-12(9-16)5-7-13/h4-7,11H,3,8-10,16H2,1-2H3,(H,17,19). The molecule has 0 saturated heterocycles. The lowest BCUT2D eigenvalue weighted by atomic mass is 10.1. The number of nitrogens with two attached hydrogens (primary N) is 1. The SMILES string of the molecule is CCOC(=O)CC(C)CNC(=O)c1ccc(CN)cc1. The van der Waals surface area contributed by atoms with Crippen molar-refractivity contribution in [1.29, 1.82) is 0 Å². The second-order valence-corrected chi connectivity index (χ2v) is 4.73. The molecule has 3 N–H and O–H groups in total. The molecule has 0 radical (unpaired) electrons. The van der Waals surface area contributed by atoms with Gasteiger partial charge in [0.25, 0.3) is 5.91 Å². The van der Waals surface area contributed by atoms with E-state index in [9.17, 15) is 9.59 Å². The number of amides is 1. The summed E-state index contributed by atoms with van der Waals surface area (Å²) >= 11 is 0. The van der Waals surface area contributed by atoms with Gasteiger partial charge in [-0.3, -0.25) is 9.59 Å². The molecule has 1 rings (SSSR count). The van der Waals surface area contributed by atoms with Gasteiger partial charge in [-0.05, 0) is 30.5 Å². The maximum atomic E-state index is 11.9. The minimum Gasteiger partial charge on any atom is -0.466 e. The van der Waals surface area contributed by atoms with Gasteiger partial charge in [0.1, 0.15) is 0 Å². The Balaban J connectivity index is 2.40. The van der Waals surface area contributed by atoms with E-state index in [-0.39, 0.29) is 17.8 Å². The molecule has 1 amide bonds. The molecule has 0 saturated carbocycles. The molecule has 1 atom stereocenters. The monoisotopic (exact) mass is 278 g/mol. The normalized spacial score (nSPS) is 11.8. The van der Waals surface area contributed by atoms with Crippen molar-refractivity contribution in [3.05, 3.63) is 35.4 Å². The summed E-state index contributed by atoms with van der Waals surface area (Å²) in [4.78, 5) is 23.2. The molecule has 0 aliphatic heterocycles. The average Bonchev–Trinajstić information content (AvgIpc) is 2.45. The summed E-state index contributed by atoms with van der Waals surface area (Å²) in [5.41, 5.74) is 7.07. The van der Waals surface area contributed by atoms with E-state index in [0.29, 0.717) is 31.7 Å². The van der Waals surface area contributed by atoms with Crippen molar-refractivity contribution in [3.63, 3.8) is 0 Å². The lowest BCUT2D eigenvalue weighted by Gasteiger charge is -2.12. The van der Waals surface area contributed by atoms with E-state index in [1.807, 2.05) is 19.1 Å². The topological polar surface area (TPSA) is 81.4 Å². The molecule has 20 heavy (non-hydrogen) atoms. The molecule has 0 heterocycles. The second-order valence-electron chi connectivity index (χ2n) is 4.73. The van der Waals surface area contributed by atoms with Crippen molar-refractivity contribution < 1.29 is 14.3 Å². The highest BCUT2D eigenvalue weighted by molar-refractivity contribution is 5.94. The van der Waals surface area contributed by atoms with Gasteiger partial charge < -0.3 is 15.8 Å². The van der Waals surface area contributed by atoms with Crippen LogP contribution in [0.4, 0.5) is 0 Å². The first kappa shape index (κ1) is 16.2. The second kappa shape index (κ2) is 8.32. The smallest absolute Gasteiger partial charge is 0.306 e. The molecule has 110 valence electrons. The van der Waals surface area contributed by atoms with Crippen molar-refractivity contribution in [3.8, 4) is 0 Å². The molecular weight excluding hydrogens is 256 g/mol. The Kier molecular flexibility index (Phi) is 6.73. The van der Waals surface area contributed by atoms with Crippen molar-refractivity contribution in [2.24, 2.45) is 11.7 Å². The fourth-order valence-corrected chi connectivity index (χ4v) is 1.74. The summed E-state index contributed by atoms with van der Waals surface area (Å²) < 4.78 is 4.87. The van der Waals surface area contributed by atoms with Crippen molar-refractivity contribution in [2.75, 3.05) is 13.2 Å². The molecule has 0 spiro atoms. The van der Waals surface area contributed by atoms with E-state index < -0.39 is 0 Å². The number of hydrogen-bond donors (Lipinski definition) is 2. The molecule has 0 bridgehead atoms. The number of hydrogen-bond acceptors (Lipinski definition) is 4. The van der Waals surface area contributed by atoms with Crippen LogP contribution in [-0.4, -0.2) is 25.0 Å². The lowest BCUT2D eigenvalue weighted by molar-refractivity contribution is -0.144. The summed E-state index contributed by atoms with van der Waals surface area (Å²) in [6.07, 6.45) is 0.306. The van der Waals surface area contributed by atoms with Crippen molar-refractivity contribution in [2.45, 2.75) is 26.8 Å². The predicted octanol–water partition coefficient (Wildman–Crippen LogP) is 1.46. The molecular formula is C15H22N2O3. The summed E-state index contributed by atoms with van der Waals surface area (Å²) in [6, 6.07) is 7.15. The van der Waals surface area contributed by atoms with E-state index in [1.54, 1.807) is 19.1 Å². The largest absolute Gasteiger partial charge is 0.466 e. The first-order chi connectivity index (χ1) is 9.56. The van der Waals surface area contributed by atoms with Crippen molar-refractivity contribution >= 4 is 11.9 Å². The van der Waals surface area contributed by atoms with Gasteiger partial charge in [0.05, 0.1) is 6.61 Å². The number of carbonyl (C=O) groups is 2. The minimum atomic E-state index is -0.235. The quantitative estimate of drug-likeness (QED) is 0.740. The van der Waals surface area contributed by atoms with Crippen LogP contribution in [0.3, 0.4) is 0 Å². The van der Waals surface area contributed by atoms with Crippen LogP contribution in [-0.2, 0) is 16.1 Å². The maximum Gasteiger partial charge on any atom is 0.306 e. The van der Waals surface area contributed by atoms with Crippen LogP contribution in [0.1, 0.15) is 36.2 Å². The van der Waals surface area contributed by atoms with E-state index >= 15 is 0 Å². The Hall–Kier alpha value is -1.88. The summed E-state index contributed by atoms with van der Waals surface area (Å²) in [5.74, 6) is -0.341. The molecule has 0 aliphatic carbocycles. The van der Waals surface area contributed by atoms with Crippen LogP contribution < -0.4 is 11.1 Å². The first-order valence-electron chi connectivity index (χ1n) is 6.79. The Morgan fingerprint density at radius 3 is 2.50 bits per heavy atom. The van der Waals surface area contributed by atoms with Gasteiger partial charge in [-0.25, -0.2) is 0 Å². The van der Waals surface area contributed by atoms with Gasteiger partial charge in [0.2, 0.25) is 0 Å². The molecule has 0 fully saturated rings. The average molecular weight is 278 g/mol. The van der Waals surface area contributed by atoms with Crippen LogP contribution in [0.25, 0.3) is 0 Å². The predicted molar refractivity (Wildman–Crippen MR) is 77.1 cm³/mol. The van der Waals surface area contributed by atoms with Gasteiger partial charge >= 0.3 is 5.97 Å². The number of esters is 1. The third-order valence-electron chi connectivity index (χ3n) is 2.88. The van der Waals surface area contributed by atoms with Crippen LogP contribution in [0.5, 0.6) is 0 Å². The van der Waals surface area contributed by atoms with Crippen LogP contribution in [0, 0.1) is 5.92 Å². The highest BCUT2D eigenvalue weighted by atomic mass is 16.5. The van der Waals surface area contributed by atoms with Gasteiger partial charge in [0.15, 0.2) is 0 Å². The molecule has 1 unspecified atom stereocenters. The first-order valence-corrected chi connectivity index (χ1v) is 6.79. The Morgan fingerprint density at radius 1 is 1.30 bits per heavy atom. The fraction of sp³-hybridized carbons (Fsp3) is 0.467. The number of rotatable bonds is 7. The zero-order chi connectivity index (χ0) is 15.0. The van der Waals surface area contributed by atoms with E-state index in [4.69, 9.17) is 10.5 Å². The maximum absolute atomic E-state index is 11.9. The third-order valence-corrected chi connectivity index (χ3v) is 2.88. The van der Waals surface area contributed by atoms with Gasteiger partial charge in [-0.2, -0.15) is 0 Å². The third kappa shape index (κ3) is 5.40. The Labute approximate surface area is 119 Å². The molecule has 5 heteroatoms.